The molecule has 0 aliphatic carbocycles. The van der Waals surface area contributed by atoms with Crippen molar-refractivity contribution in [1.82, 2.24) is 0 Å². The maximum absolute atomic E-state index is 13.2. The molecule has 0 N–H and O–H groups in total. The third-order valence-electron chi connectivity index (χ3n) is 3.20. The Morgan fingerprint density at radius 3 is 1.20 bits per heavy atom. The van der Waals surface area contributed by atoms with E-state index in [-0.39, 0.29) is 11.6 Å². The summed E-state index contributed by atoms with van der Waals surface area (Å²) in [6, 6.07) is 20.6. The topological polar surface area (TPSA) is 0 Å². The summed E-state index contributed by atoms with van der Waals surface area (Å²) >= 11 is 0. The highest BCUT2D eigenvalue weighted by Gasteiger charge is 2.02. The van der Waals surface area contributed by atoms with Gasteiger partial charge in [-0.15, -0.1) is 0 Å². The molecule has 0 heterocycles. The molecule has 0 unspecified atom stereocenters. The van der Waals surface area contributed by atoms with E-state index in [0.717, 1.165) is 22.3 Å². The summed E-state index contributed by atoms with van der Waals surface area (Å²) in [5, 5.41) is 0. The Bertz CT molecular complexity index is 666. The van der Waals surface area contributed by atoms with Crippen molar-refractivity contribution in [1.29, 1.82) is 0 Å². The van der Waals surface area contributed by atoms with Gasteiger partial charge in [-0.1, -0.05) is 48.5 Å². The van der Waals surface area contributed by atoms with Crippen LogP contribution >= 0.6 is 0 Å². The molecule has 98 valence electrons. The molecule has 0 saturated heterocycles. The van der Waals surface area contributed by atoms with Gasteiger partial charge < -0.3 is 0 Å². The second-order valence-electron chi connectivity index (χ2n) is 4.60. The molecule has 3 aromatic rings. The van der Waals surface area contributed by atoms with Crippen molar-refractivity contribution in [2.75, 3.05) is 0 Å². The van der Waals surface area contributed by atoms with Crippen LogP contribution in [0.3, 0.4) is 0 Å². The van der Waals surface area contributed by atoms with Crippen molar-refractivity contribution in [3.63, 3.8) is 0 Å². The number of hydrogen-bond acceptors (Lipinski definition) is 0. The number of benzene rings is 3. The monoisotopic (exact) mass is 266 g/mol. The molecular formula is C18H12F2. The van der Waals surface area contributed by atoms with E-state index in [1.807, 2.05) is 36.4 Å². The van der Waals surface area contributed by atoms with Crippen LogP contribution in [0.25, 0.3) is 22.3 Å². The van der Waals surface area contributed by atoms with Gasteiger partial charge in [0.2, 0.25) is 0 Å². The number of hydrogen-bond donors (Lipinski definition) is 0. The van der Waals surface area contributed by atoms with Crippen molar-refractivity contribution in [2.45, 2.75) is 0 Å². The first-order valence-corrected chi connectivity index (χ1v) is 6.34. The minimum Gasteiger partial charge on any atom is -0.207 e. The van der Waals surface area contributed by atoms with Crippen LogP contribution in [-0.2, 0) is 0 Å². The van der Waals surface area contributed by atoms with Gasteiger partial charge in [-0.2, -0.15) is 0 Å². The molecule has 0 saturated carbocycles. The fraction of sp³-hybridized carbons (Fsp3) is 0. The predicted octanol–water partition coefficient (Wildman–Crippen LogP) is 5.30. The van der Waals surface area contributed by atoms with Crippen molar-refractivity contribution in [2.24, 2.45) is 0 Å². The fourth-order valence-electron chi connectivity index (χ4n) is 2.19. The highest BCUT2D eigenvalue weighted by Crippen LogP contribution is 2.25. The molecule has 20 heavy (non-hydrogen) atoms. The van der Waals surface area contributed by atoms with E-state index < -0.39 is 0 Å². The molecule has 0 radical (unpaired) electrons. The van der Waals surface area contributed by atoms with Crippen LogP contribution in [0.1, 0.15) is 0 Å². The Hall–Kier alpha value is -2.48. The van der Waals surface area contributed by atoms with E-state index in [4.69, 9.17) is 0 Å². The summed E-state index contributed by atoms with van der Waals surface area (Å²) in [7, 11) is 0. The number of rotatable bonds is 2. The maximum atomic E-state index is 13.2. The summed E-state index contributed by atoms with van der Waals surface area (Å²) < 4.78 is 26.4. The molecule has 0 amide bonds. The van der Waals surface area contributed by atoms with E-state index in [2.05, 4.69) is 0 Å². The molecule has 3 aromatic carbocycles. The second-order valence-corrected chi connectivity index (χ2v) is 4.60. The fourth-order valence-corrected chi connectivity index (χ4v) is 2.19. The van der Waals surface area contributed by atoms with Gasteiger partial charge in [0.15, 0.2) is 0 Å². The van der Waals surface area contributed by atoms with Gasteiger partial charge in [-0.25, -0.2) is 8.78 Å². The quantitative estimate of drug-likeness (QED) is 0.590. The van der Waals surface area contributed by atoms with Crippen LogP contribution in [0.2, 0.25) is 0 Å². The molecular weight excluding hydrogens is 254 g/mol. The molecule has 2 heteroatoms. The molecule has 0 atom stereocenters. The number of halogens is 2. The molecule has 0 spiro atoms. The minimum absolute atomic E-state index is 0.253. The molecule has 0 aliphatic rings. The first-order valence-electron chi connectivity index (χ1n) is 6.34. The van der Waals surface area contributed by atoms with Crippen LogP contribution in [0.15, 0.2) is 72.8 Å². The van der Waals surface area contributed by atoms with Crippen molar-refractivity contribution in [3.05, 3.63) is 84.4 Å². The van der Waals surface area contributed by atoms with Gasteiger partial charge in [-0.05, 0) is 46.5 Å². The standard InChI is InChI=1S/C18H12F2/c19-17-5-1-3-15(11-17)13-7-9-14(10-8-13)16-4-2-6-18(20)12-16/h1-12H. The Morgan fingerprint density at radius 2 is 0.850 bits per heavy atom. The summed E-state index contributed by atoms with van der Waals surface area (Å²) in [6.07, 6.45) is 0. The normalized spacial score (nSPS) is 10.5. The lowest BCUT2D eigenvalue weighted by Gasteiger charge is -2.05. The SMILES string of the molecule is Fc1cccc(-c2ccc(-c3cccc(F)c3)cc2)c1. The summed E-state index contributed by atoms with van der Waals surface area (Å²) in [4.78, 5) is 0. The first kappa shape index (κ1) is 12.5. The van der Waals surface area contributed by atoms with E-state index in [9.17, 15) is 8.78 Å². The minimum atomic E-state index is -0.253. The smallest absolute Gasteiger partial charge is 0.123 e. The zero-order chi connectivity index (χ0) is 13.9. The lowest BCUT2D eigenvalue weighted by molar-refractivity contribution is 0.628. The Morgan fingerprint density at radius 1 is 0.450 bits per heavy atom. The zero-order valence-corrected chi connectivity index (χ0v) is 10.7. The lowest BCUT2D eigenvalue weighted by atomic mass is 10.0. The third kappa shape index (κ3) is 2.59. The molecule has 3 rings (SSSR count). The molecule has 0 aliphatic heterocycles. The Kier molecular flexibility index (Phi) is 3.30. The van der Waals surface area contributed by atoms with Crippen molar-refractivity contribution < 1.29 is 8.78 Å². The van der Waals surface area contributed by atoms with Gasteiger partial charge in [0.1, 0.15) is 11.6 Å². The van der Waals surface area contributed by atoms with Crippen LogP contribution < -0.4 is 0 Å². The largest absolute Gasteiger partial charge is 0.207 e. The van der Waals surface area contributed by atoms with Crippen LogP contribution in [-0.4, -0.2) is 0 Å². The van der Waals surface area contributed by atoms with Gasteiger partial charge in [-0.3, -0.25) is 0 Å². The van der Waals surface area contributed by atoms with Crippen LogP contribution in [0.5, 0.6) is 0 Å². The van der Waals surface area contributed by atoms with Crippen LogP contribution in [0, 0.1) is 11.6 Å². The maximum Gasteiger partial charge on any atom is 0.123 e. The van der Waals surface area contributed by atoms with Gasteiger partial charge in [0, 0.05) is 0 Å². The van der Waals surface area contributed by atoms with Crippen molar-refractivity contribution >= 4 is 0 Å². The van der Waals surface area contributed by atoms with Gasteiger partial charge >= 0.3 is 0 Å². The van der Waals surface area contributed by atoms with E-state index >= 15 is 0 Å². The van der Waals surface area contributed by atoms with Crippen LogP contribution in [0.4, 0.5) is 8.78 Å². The molecule has 0 bridgehead atoms. The van der Waals surface area contributed by atoms with Gasteiger partial charge in [0.05, 0.1) is 0 Å². The average molecular weight is 266 g/mol. The predicted molar refractivity (Wildman–Crippen MR) is 77.2 cm³/mol. The van der Waals surface area contributed by atoms with Gasteiger partial charge in [0.25, 0.3) is 0 Å². The Labute approximate surface area is 116 Å². The molecule has 0 fully saturated rings. The molecule has 0 aromatic heterocycles. The van der Waals surface area contributed by atoms with E-state index in [1.165, 1.54) is 24.3 Å². The highest BCUT2D eigenvalue weighted by molar-refractivity contribution is 5.70. The van der Waals surface area contributed by atoms with Crippen molar-refractivity contribution in [3.8, 4) is 22.3 Å². The lowest BCUT2D eigenvalue weighted by Crippen LogP contribution is -1.82. The summed E-state index contributed by atoms with van der Waals surface area (Å²) in [5.41, 5.74) is 3.53. The molecule has 0 nitrogen and oxygen atoms in total. The van der Waals surface area contributed by atoms with E-state index in [1.54, 1.807) is 12.1 Å². The zero-order valence-electron chi connectivity index (χ0n) is 10.7. The highest BCUT2D eigenvalue weighted by atomic mass is 19.1. The summed E-state index contributed by atoms with van der Waals surface area (Å²) in [6.45, 7) is 0. The first-order chi connectivity index (χ1) is 9.72. The third-order valence-corrected chi connectivity index (χ3v) is 3.20. The Balaban J connectivity index is 1.96. The van der Waals surface area contributed by atoms with E-state index in [0.29, 0.717) is 0 Å². The summed E-state index contributed by atoms with van der Waals surface area (Å²) in [5.74, 6) is -0.506. The average Bonchev–Trinajstić information content (AvgIpc) is 2.47. The second kappa shape index (κ2) is 5.25.